The zero-order valence-corrected chi connectivity index (χ0v) is 17.2. The van der Waals surface area contributed by atoms with Crippen LogP contribution in [0.5, 0.6) is 0 Å². The molecule has 7 heteroatoms. The molecule has 1 aliphatic rings. The molecule has 1 aliphatic heterocycles. The fraction of sp³-hybridized carbons (Fsp3) is 0.474. The Morgan fingerprint density at radius 3 is 2.81 bits per heavy atom. The number of carbonyl (C=O) groups excluding carboxylic acids is 1. The molecule has 2 heterocycles. The van der Waals surface area contributed by atoms with Gasteiger partial charge in [0.05, 0.1) is 19.8 Å². The summed E-state index contributed by atoms with van der Waals surface area (Å²) in [6.07, 6.45) is 2.35. The standard InChI is InChI=1S/C19H23IN2O4/c1-3-26-19(24)15-11-21-17-9-13(16(20)10-14(17)18(15)23)8-12(2)22-4-6-25-7-5-22/h9-12H,3-8H2,1-2H3,(H,21,23). The van der Waals surface area contributed by atoms with Crippen LogP contribution in [0.25, 0.3) is 10.9 Å². The highest BCUT2D eigenvalue weighted by Crippen LogP contribution is 2.22. The van der Waals surface area contributed by atoms with Crippen molar-refractivity contribution in [1.29, 1.82) is 0 Å². The summed E-state index contributed by atoms with van der Waals surface area (Å²) < 4.78 is 11.4. The lowest BCUT2D eigenvalue weighted by Gasteiger charge is -2.32. The summed E-state index contributed by atoms with van der Waals surface area (Å²) in [5.74, 6) is -0.587. The van der Waals surface area contributed by atoms with Gasteiger partial charge >= 0.3 is 5.97 Å². The van der Waals surface area contributed by atoms with Crippen LogP contribution in [0.4, 0.5) is 0 Å². The first-order chi connectivity index (χ1) is 12.5. The number of aromatic nitrogens is 1. The third kappa shape index (κ3) is 4.10. The predicted octanol–water partition coefficient (Wildman–Crippen LogP) is 2.57. The van der Waals surface area contributed by atoms with Crippen LogP contribution in [0.1, 0.15) is 29.8 Å². The minimum Gasteiger partial charge on any atom is -0.462 e. The molecule has 2 aromatic rings. The lowest BCUT2D eigenvalue weighted by atomic mass is 10.0. The third-order valence-electron chi connectivity index (χ3n) is 4.73. The number of H-pyrrole nitrogens is 1. The fourth-order valence-electron chi connectivity index (χ4n) is 3.27. The summed E-state index contributed by atoms with van der Waals surface area (Å²) in [5.41, 5.74) is 1.69. The Morgan fingerprint density at radius 1 is 1.38 bits per heavy atom. The van der Waals surface area contributed by atoms with Crippen LogP contribution in [0.15, 0.2) is 23.1 Å². The molecule has 1 fully saturated rings. The van der Waals surface area contributed by atoms with Gasteiger partial charge in [0.1, 0.15) is 5.56 Å². The first-order valence-corrected chi connectivity index (χ1v) is 9.92. The Kier molecular flexibility index (Phi) is 6.31. The lowest BCUT2D eigenvalue weighted by molar-refractivity contribution is 0.0203. The topological polar surface area (TPSA) is 71.6 Å². The maximum absolute atomic E-state index is 12.6. The minimum atomic E-state index is -0.587. The third-order valence-corrected chi connectivity index (χ3v) is 5.73. The summed E-state index contributed by atoms with van der Waals surface area (Å²) in [6.45, 7) is 7.64. The van der Waals surface area contributed by atoms with Gasteiger partial charge in [0, 0.05) is 39.8 Å². The second-order valence-electron chi connectivity index (χ2n) is 6.44. The monoisotopic (exact) mass is 470 g/mol. The van der Waals surface area contributed by atoms with Gasteiger partial charge in [-0.25, -0.2) is 4.79 Å². The van der Waals surface area contributed by atoms with Crippen LogP contribution in [-0.4, -0.2) is 54.8 Å². The molecule has 0 aliphatic carbocycles. The van der Waals surface area contributed by atoms with Crippen molar-refractivity contribution >= 4 is 39.5 Å². The summed E-state index contributed by atoms with van der Waals surface area (Å²) in [6, 6.07) is 4.28. The summed E-state index contributed by atoms with van der Waals surface area (Å²) >= 11 is 2.26. The van der Waals surface area contributed by atoms with Crippen molar-refractivity contribution in [3.8, 4) is 0 Å². The molecule has 0 spiro atoms. The van der Waals surface area contributed by atoms with Gasteiger partial charge in [-0.05, 0) is 60.6 Å². The van der Waals surface area contributed by atoms with Crippen LogP contribution in [0, 0.1) is 3.57 Å². The number of ether oxygens (including phenoxy) is 2. The van der Waals surface area contributed by atoms with Gasteiger partial charge in [0.2, 0.25) is 5.43 Å². The van der Waals surface area contributed by atoms with E-state index in [1.54, 1.807) is 6.92 Å². The number of fused-ring (bicyclic) bond motifs is 1. The molecule has 1 atom stereocenters. The van der Waals surface area contributed by atoms with Gasteiger partial charge in [0.25, 0.3) is 0 Å². The number of pyridine rings is 1. The Balaban J connectivity index is 1.89. The van der Waals surface area contributed by atoms with E-state index in [1.807, 2.05) is 12.1 Å². The number of benzene rings is 1. The van der Waals surface area contributed by atoms with Crippen LogP contribution in [-0.2, 0) is 15.9 Å². The molecule has 0 saturated carbocycles. The Morgan fingerprint density at radius 2 is 2.12 bits per heavy atom. The number of aromatic amines is 1. The largest absolute Gasteiger partial charge is 0.462 e. The molecule has 1 aromatic heterocycles. The summed E-state index contributed by atoms with van der Waals surface area (Å²) in [7, 11) is 0. The van der Waals surface area contributed by atoms with Crippen molar-refractivity contribution < 1.29 is 14.3 Å². The highest BCUT2D eigenvalue weighted by Gasteiger charge is 2.20. The van der Waals surface area contributed by atoms with E-state index in [4.69, 9.17) is 9.47 Å². The summed E-state index contributed by atoms with van der Waals surface area (Å²) in [5, 5.41) is 0.516. The van der Waals surface area contributed by atoms with Crippen LogP contribution in [0.3, 0.4) is 0 Å². The van der Waals surface area contributed by atoms with Gasteiger partial charge < -0.3 is 14.5 Å². The maximum atomic E-state index is 12.6. The van der Waals surface area contributed by atoms with E-state index in [0.29, 0.717) is 11.4 Å². The molecule has 1 unspecified atom stereocenters. The van der Waals surface area contributed by atoms with Gasteiger partial charge in [-0.3, -0.25) is 9.69 Å². The van der Waals surface area contributed by atoms with Crippen molar-refractivity contribution in [2.24, 2.45) is 0 Å². The molecular weight excluding hydrogens is 447 g/mol. The maximum Gasteiger partial charge on any atom is 0.343 e. The fourth-order valence-corrected chi connectivity index (χ4v) is 3.96. The number of hydrogen-bond acceptors (Lipinski definition) is 5. The molecule has 26 heavy (non-hydrogen) atoms. The van der Waals surface area contributed by atoms with Gasteiger partial charge in [-0.15, -0.1) is 0 Å². The molecule has 1 N–H and O–H groups in total. The Bertz CT molecular complexity index is 858. The highest BCUT2D eigenvalue weighted by atomic mass is 127. The number of nitrogens with zero attached hydrogens (tertiary/aromatic N) is 1. The van der Waals surface area contributed by atoms with Crippen LogP contribution < -0.4 is 5.43 Å². The smallest absolute Gasteiger partial charge is 0.343 e. The molecular formula is C19H23IN2O4. The number of halogens is 1. The molecule has 0 bridgehead atoms. The van der Waals surface area contributed by atoms with E-state index in [2.05, 4.69) is 39.4 Å². The second-order valence-corrected chi connectivity index (χ2v) is 7.60. The molecule has 3 rings (SSSR count). The second kappa shape index (κ2) is 8.49. The quantitative estimate of drug-likeness (QED) is 0.538. The SMILES string of the molecule is CCOC(=O)c1c[nH]c2cc(CC(C)N3CCOCC3)c(I)cc2c1=O. The number of morpholine rings is 1. The lowest BCUT2D eigenvalue weighted by Crippen LogP contribution is -2.43. The van der Waals surface area contributed by atoms with Crippen LogP contribution in [0.2, 0.25) is 0 Å². The number of esters is 1. The normalized spacial score (nSPS) is 16.6. The van der Waals surface area contributed by atoms with Crippen LogP contribution >= 0.6 is 22.6 Å². The van der Waals surface area contributed by atoms with Gasteiger partial charge in [-0.2, -0.15) is 0 Å². The molecule has 0 amide bonds. The predicted molar refractivity (Wildman–Crippen MR) is 109 cm³/mol. The first kappa shape index (κ1) is 19.3. The van der Waals surface area contributed by atoms with Crippen molar-refractivity contribution in [2.75, 3.05) is 32.9 Å². The van der Waals surface area contributed by atoms with Gasteiger partial charge in [-0.1, -0.05) is 0 Å². The number of hydrogen-bond donors (Lipinski definition) is 1. The van der Waals surface area contributed by atoms with Crippen molar-refractivity contribution in [3.63, 3.8) is 0 Å². The average molecular weight is 470 g/mol. The molecule has 1 aromatic carbocycles. The Labute approximate surface area is 166 Å². The van der Waals surface area contributed by atoms with E-state index in [-0.39, 0.29) is 17.6 Å². The molecule has 140 valence electrons. The molecule has 6 nitrogen and oxygen atoms in total. The number of carbonyl (C=O) groups is 1. The minimum absolute atomic E-state index is 0.0459. The van der Waals surface area contributed by atoms with E-state index >= 15 is 0 Å². The van der Waals surface area contributed by atoms with E-state index in [1.165, 1.54) is 11.8 Å². The van der Waals surface area contributed by atoms with Crippen molar-refractivity contribution in [3.05, 3.63) is 43.2 Å². The molecule has 0 radical (unpaired) electrons. The van der Waals surface area contributed by atoms with E-state index in [0.717, 1.165) is 41.8 Å². The molecule has 1 saturated heterocycles. The zero-order valence-electron chi connectivity index (χ0n) is 15.0. The van der Waals surface area contributed by atoms with E-state index < -0.39 is 5.97 Å². The highest BCUT2D eigenvalue weighted by molar-refractivity contribution is 14.1. The van der Waals surface area contributed by atoms with E-state index in [9.17, 15) is 9.59 Å². The number of nitrogens with one attached hydrogen (secondary N) is 1. The van der Waals surface area contributed by atoms with Gasteiger partial charge in [0.15, 0.2) is 0 Å². The summed E-state index contributed by atoms with van der Waals surface area (Å²) in [4.78, 5) is 30.1. The number of rotatable bonds is 5. The zero-order chi connectivity index (χ0) is 18.7. The average Bonchev–Trinajstić information content (AvgIpc) is 2.64. The van der Waals surface area contributed by atoms with Crippen molar-refractivity contribution in [1.82, 2.24) is 9.88 Å². The Hall–Kier alpha value is -1.45. The first-order valence-electron chi connectivity index (χ1n) is 8.84. The van der Waals surface area contributed by atoms with Crippen molar-refractivity contribution in [2.45, 2.75) is 26.3 Å².